The van der Waals surface area contributed by atoms with Crippen molar-refractivity contribution in [3.8, 4) is 0 Å². The molecule has 3 aromatic rings. The third-order valence-electron chi connectivity index (χ3n) is 3.62. The molecule has 0 unspecified atom stereocenters. The van der Waals surface area contributed by atoms with Crippen LogP contribution in [0, 0.1) is 6.92 Å². The molecule has 2 amide bonds. The molecular weight excluding hydrogens is 302 g/mol. The molecule has 0 spiro atoms. The number of aromatic nitrogens is 1. The van der Waals surface area contributed by atoms with Gasteiger partial charge >= 0.3 is 0 Å². The van der Waals surface area contributed by atoms with Crippen LogP contribution in [0.3, 0.4) is 0 Å². The maximum atomic E-state index is 12.6. The van der Waals surface area contributed by atoms with Crippen LogP contribution in [-0.4, -0.2) is 16.8 Å². The van der Waals surface area contributed by atoms with Gasteiger partial charge in [0.1, 0.15) is 0 Å². The predicted molar refractivity (Wildman–Crippen MR) is 94.3 cm³/mol. The van der Waals surface area contributed by atoms with Crippen LogP contribution >= 0.6 is 0 Å². The third-order valence-corrected chi connectivity index (χ3v) is 3.62. The van der Waals surface area contributed by atoms with Crippen LogP contribution in [0.15, 0.2) is 66.9 Å². The van der Waals surface area contributed by atoms with Crippen LogP contribution < -0.4 is 10.6 Å². The van der Waals surface area contributed by atoms with E-state index in [1.165, 1.54) is 0 Å². The van der Waals surface area contributed by atoms with Gasteiger partial charge < -0.3 is 15.6 Å². The number of amides is 2. The van der Waals surface area contributed by atoms with Gasteiger partial charge in [0.05, 0.1) is 11.3 Å². The molecule has 0 aliphatic rings. The molecule has 0 saturated carbocycles. The van der Waals surface area contributed by atoms with Gasteiger partial charge in [-0.25, -0.2) is 0 Å². The summed E-state index contributed by atoms with van der Waals surface area (Å²) in [7, 11) is 0. The minimum atomic E-state index is -0.275. The lowest BCUT2D eigenvalue weighted by molar-refractivity contribution is 0.102. The molecule has 24 heavy (non-hydrogen) atoms. The monoisotopic (exact) mass is 319 g/mol. The lowest BCUT2D eigenvalue weighted by atomic mass is 10.1. The van der Waals surface area contributed by atoms with Gasteiger partial charge in [-0.05, 0) is 31.2 Å². The second-order valence-electron chi connectivity index (χ2n) is 5.34. The van der Waals surface area contributed by atoms with Gasteiger partial charge in [-0.3, -0.25) is 9.59 Å². The lowest BCUT2D eigenvalue weighted by Crippen LogP contribution is -2.17. The van der Waals surface area contributed by atoms with E-state index in [0.29, 0.717) is 28.2 Å². The molecule has 0 bridgehead atoms. The van der Waals surface area contributed by atoms with E-state index in [2.05, 4.69) is 15.6 Å². The van der Waals surface area contributed by atoms with Crippen LogP contribution in [0.5, 0.6) is 0 Å². The minimum Gasteiger partial charge on any atom is -0.363 e. The molecule has 0 aliphatic heterocycles. The number of hydrogen-bond acceptors (Lipinski definition) is 2. The van der Waals surface area contributed by atoms with Crippen molar-refractivity contribution in [2.45, 2.75) is 6.92 Å². The highest BCUT2D eigenvalue weighted by Crippen LogP contribution is 2.21. The number of aromatic amines is 1. The first-order valence-corrected chi connectivity index (χ1v) is 7.56. The molecule has 1 aromatic heterocycles. The van der Waals surface area contributed by atoms with Crippen molar-refractivity contribution in [3.63, 3.8) is 0 Å². The molecule has 3 N–H and O–H groups in total. The van der Waals surface area contributed by atoms with E-state index >= 15 is 0 Å². The highest BCUT2D eigenvalue weighted by atomic mass is 16.2. The number of nitrogens with one attached hydrogen (secondary N) is 3. The summed E-state index contributed by atoms with van der Waals surface area (Å²) in [5.41, 5.74) is 2.79. The van der Waals surface area contributed by atoms with Gasteiger partial charge in [0.2, 0.25) is 0 Å². The van der Waals surface area contributed by atoms with Gasteiger partial charge in [0.15, 0.2) is 0 Å². The molecule has 2 aromatic carbocycles. The first-order chi connectivity index (χ1) is 11.6. The highest BCUT2D eigenvalue weighted by molar-refractivity contribution is 6.13. The van der Waals surface area contributed by atoms with E-state index < -0.39 is 0 Å². The normalized spacial score (nSPS) is 10.2. The summed E-state index contributed by atoms with van der Waals surface area (Å²) in [4.78, 5) is 27.8. The Balaban J connectivity index is 1.81. The van der Waals surface area contributed by atoms with Crippen LogP contribution in [0.4, 0.5) is 11.4 Å². The van der Waals surface area contributed by atoms with Gasteiger partial charge in [-0.1, -0.05) is 36.4 Å². The molecular formula is C19H17N3O2. The van der Waals surface area contributed by atoms with Crippen molar-refractivity contribution < 1.29 is 9.59 Å². The highest BCUT2D eigenvalue weighted by Gasteiger charge is 2.18. The Morgan fingerprint density at radius 3 is 2.12 bits per heavy atom. The molecule has 0 saturated heterocycles. The molecule has 5 heteroatoms. The van der Waals surface area contributed by atoms with Gasteiger partial charge in [-0.2, -0.15) is 0 Å². The molecule has 1 heterocycles. The first-order valence-electron chi connectivity index (χ1n) is 7.56. The number of benzene rings is 2. The standard InChI is InChI=1S/C19H17N3O2/c1-13-17(19(24)21-15-10-6-3-7-11-15)16(12-20-13)22-18(23)14-8-4-2-5-9-14/h2-12,20H,1H3,(H,21,24)(H,22,23). The Morgan fingerprint density at radius 2 is 1.46 bits per heavy atom. The number of hydrogen-bond donors (Lipinski definition) is 3. The van der Waals surface area contributed by atoms with E-state index in [9.17, 15) is 9.59 Å². The average Bonchev–Trinajstić information content (AvgIpc) is 2.97. The van der Waals surface area contributed by atoms with E-state index in [0.717, 1.165) is 0 Å². The van der Waals surface area contributed by atoms with E-state index in [1.54, 1.807) is 37.4 Å². The number of anilines is 2. The van der Waals surface area contributed by atoms with Crippen molar-refractivity contribution >= 4 is 23.2 Å². The van der Waals surface area contributed by atoms with E-state index in [4.69, 9.17) is 0 Å². The second kappa shape index (κ2) is 6.83. The fourth-order valence-electron chi connectivity index (χ4n) is 2.42. The van der Waals surface area contributed by atoms with Crippen molar-refractivity contribution in [1.82, 2.24) is 4.98 Å². The Labute approximate surface area is 139 Å². The third kappa shape index (κ3) is 3.35. The van der Waals surface area contributed by atoms with E-state index in [1.807, 2.05) is 36.4 Å². The Bertz CT molecular complexity index is 855. The smallest absolute Gasteiger partial charge is 0.259 e. The summed E-state index contributed by atoms with van der Waals surface area (Å²) in [5.74, 6) is -0.535. The number of para-hydroxylation sites is 1. The fraction of sp³-hybridized carbons (Fsp3) is 0.0526. The Hall–Kier alpha value is -3.34. The second-order valence-corrected chi connectivity index (χ2v) is 5.34. The summed E-state index contributed by atoms with van der Waals surface area (Å²) in [6.45, 7) is 1.79. The SMILES string of the molecule is Cc1[nH]cc(NC(=O)c2ccccc2)c1C(=O)Nc1ccccc1. The largest absolute Gasteiger partial charge is 0.363 e. The zero-order chi connectivity index (χ0) is 16.9. The predicted octanol–water partition coefficient (Wildman–Crippen LogP) is 3.83. The number of carbonyl (C=O) groups is 2. The summed E-state index contributed by atoms with van der Waals surface area (Å²) in [6.07, 6.45) is 1.62. The number of rotatable bonds is 4. The molecule has 120 valence electrons. The maximum absolute atomic E-state index is 12.6. The topological polar surface area (TPSA) is 74.0 Å². The first kappa shape index (κ1) is 15.6. The molecule has 0 fully saturated rings. The minimum absolute atomic E-state index is 0.261. The van der Waals surface area contributed by atoms with Crippen molar-refractivity contribution in [2.75, 3.05) is 10.6 Å². The van der Waals surface area contributed by atoms with Crippen molar-refractivity contribution in [2.24, 2.45) is 0 Å². The van der Waals surface area contributed by atoms with Gasteiger partial charge in [-0.15, -0.1) is 0 Å². The summed E-state index contributed by atoms with van der Waals surface area (Å²) < 4.78 is 0. The summed E-state index contributed by atoms with van der Waals surface area (Å²) in [6, 6.07) is 18.1. The summed E-state index contributed by atoms with van der Waals surface area (Å²) in [5, 5.41) is 5.61. The molecule has 3 rings (SSSR count). The Kier molecular flexibility index (Phi) is 4.43. The van der Waals surface area contributed by atoms with Gasteiger partial charge in [0.25, 0.3) is 11.8 Å². The number of carbonyl (C=O) groups excluding carboxylic acids is 2. The molecule has 0 radical (unpaired) electrons. The van der Waals surface area contributed by atoms with E-state index in [-0.39, 0.29) is 11.8 Å². The molecule has 5 nitrogen and oxygen atoms in total. The molecule has 0 aliphatic carbocycles. The molecule has 0 atom stereocenters. The zero-order valence-corrected chi connectivity index (χ0v) is 13.2. The van der Waals surface area contributed by atoms with Crippen LogP contribution in [0.25, 0.3) is 0 Å². The number of aryl methyl sites for hydroxylation is 1. The zero-order valence-electron chi connectivity index (χ0n) is 13.2. The van der Waals surface area contributed by atoms with Gasteiger partial charge in [0, 0.05) is 23.1 Å². The summed E-state index contributed by atoms with van der Waals surface area (Å²) >= 11 is 0. The van der Waals surface area contributed by atoms with Crippen LogP contribution in [0.2, 0.25) is 0 Å². The number of H-pyrrole nitrogens is 1. The van der Waals surface area contributed by atoms with Crippen LogP contribution in [-0.2, 0) is 0 Å². The van der Waals surface area contributed by atoms with Crippen molar-refractivity contribution in [1.29, 1.82) is 0 Å². The quantitative estimate of drug-likeness (QED) is 0.684. The average molecular weight is 319 g/mol. The van der Waals surface area contributed by atoms with Crippen LogP contribution in [0.1, 0.15) is 26.4 Å². The Morgan fingerprint density at radius 1 is 0.833 bits per heavy atom. The fourth-order valence-corrected chi connectivity index (χ4v) is 2.42. The van der Waals surface area contributed by atoms with Crippen molar-refractivity contribution in [3.05, 3.63) is 83.7 Å². The maximum Gasteiger partial charge on any atom is 0.259 e. The lowest BCUT2D eigenvalue weighted by Gasteiger charge is -2.09.